The number of nitrogens with zero attached hydrogens (tertiary/aromatic N) is 2. The molecule has 3 nitrogen and oxygen atoms in total. The van der Waals surface area contributed by atoms with Crippen molar-refractivity contribution in [2.24, 2.45) is 12.8 Å². The first kappa shape index (κ1) is 15.7. The van der Waals surface area contributed by atoms with Crippen molar-refractivity contribution in [3.05, 3.63) is 47.6 Å². The molecule has 0 aliphatic rings. The van der Waals surface area contributed by atoms with Gasteiger partial charge in [-0.3, -0.25) is 4.68 Å². The third-order valence-corrected chi connectivity index (χ3v) is 6.27. The van der Waals surface area contributed by atoms with Crippen LogP contribution in [0.2, 0.25) is 0 Å². The maximum atomic E-state index is 5.69. The standard InChI is InChI=1S/C16H17N3S3/c1-19-10-11(9-18-19)14-7-12(3-5-15(14)20-2)21-16-6-4-13(8-17)22-16/h3-7,9-10H,8,17H2,1-2H3. The summed E-state index contributed by atoms with van der Waals surface area (Å²) in [5.74, 6) is 0. The van der Waals surface area contributed by atoms with Gasteiger partial charge in [0.25, 0.3) is 0 Å². The van der Waals surface area contributed by atoms with E-state index >= 15 is 0 Å². The molecule has 2 N–H and O–H groups in total. The molecule has 0 radical (unpaired) electrons. The van der Waals surface area contributed by atoms with Crippen molar-refractivity contribution < 1.29 is 0 Å². The molecule has 0 saturated carbocycles. The normalized spacial score (nSPS) is 11.0. The molecule has 22 heavy (non-hydrogen) atoms. The minimum atomic E-state index is 0.609. The van der Waals surface area contributed by atoms with Gasteiger partial charge in [0.05, 0.1) is 10.4 Å². The third kappa shape index (κ3) is 3.41. The fourth-order valence-corrected chi connectivity index (χ4v) is 4.85. The van der Waals surface area contributed by atoms with Gasteiger partial charge in [-0.15, -0.1) is 23.1 Å². The lowest BCUT2D eigenvalue weighted by Gasteiger charge is -2.08. The van der Waals surface area contributed by atoms with Gasteiger partial charge < -0.3 is 5.73 Å². The summed E-state index contributed by atoms with van der Waals surface area (Å²) in [6, 6.07) is 10.9. The van der Waals surface area contributed by atoms with Crippen molar-refractivity contribution in [3.8, 4) is 11.1 Å². The van der Waals surface area contributed by atoms with Gasteiger partial charge in [-0.2, -0.15) is 5.10 Å². The Kier molecular flexibility index (Phi) is 4.93. The molecule has 6 heteroatoms. The molecule has 2 heterocycles. The molecule has 3 aromatic rings. The van der Waals surface area contributed by atoms with Crippen LogP contribution >= 0.6 is 34.9 Å². The second-order valence-electron chi connectivity index (χ2n) is 4.79. The molecule has 2 aromatic heterocycles. The van der Waals surface area contributed by atoms with Crippen molar-refractivity contribution in [2.45, 2.75) is 20.5 Å². The molecular formula is C16H17N3S3. The second-order valence-corrected chi connectivity index (χ2v) is 8.18. The fourth-order valence-electron chi connectivity index (χ4n) is 2.18. The molecule has 0 aliphatic carbocycles. The minimum Gasteiger partial charge on any atom is -0.326 e. The van der Waals surface area contributed by atoms with E-state index in [0.29, 0.717) is 6.54 Å². The van der Waals surface area contributed by atoms with E-state index in [9.17, 15) is 0 Å². The van der Waals surface area contributed by atoms with Crippen molar-refractivity contribution in [3.63, 3.8) is 0 Å². The van der Waals surface area contributed by atoms with E-state index in [0.717, 1.165) is 5.56 Å². The molecule has 0 spiro atoms. The predicted octanol–water partition coefficient (Wildman–Crippen LogP) is 4.48. The molecular weight excluding hydrogens is 330 g/mol. The lowest BCUT2D eigenvalue weighted by molar-refractivity contribution is 0.768. The van der Waals surface area contributed by atoms with E-state index in [4.69, 9.17) is 5.73 Å². The Labute approximate surface area is 142 Å². The zero-order valence-electron chi connectivity index (χ0n) is 12.4. The predicted molar refractivity (Wildman–Crippen MR) is 96.8 cm³/mol. The molecule has 0 saturated heterocycles. The van der Waals surface area contributed by atoms with E-state index in [1.54, 1.807) is 34.9 Å². The molecule has 0 unspecified atom stereocenters. The van der Waals surface area contributed by atoms with Crippen LogP contribution in [0.25, 0.3) is 11.1 Å². The number of thiophene rings is 1. The number of aryl methyl sites for hydroxylation is 1. The van der Waals surface area contributed by atoms with Gasteiger partial charge in [-0.25, -0.2) is 0 Å². The largest absolute Gasteiger partial charge is 0.326 e. The Balaban J connectivity index is 1.92. The highest BCUT2D eigenvalue weighted by atomic mass is 32.2. The minimum absolute atomic E-state index is 0.609. The first-order valence-corrected chi connectivity index (χ1v) is 9.69. The molecule has 0 amide bonds. The summed E-state index contributed by atoms with van der Waals surface area (Å²) in [7, 11) is 1.95. The number of hydrogen-bond donors (Lipinski definition) is 1. The summed E-state index contributed by atoms with van der Waals surface area (Å²) in [6.45, 7) is 0.609. The molecule has 1 aromatic carbocycles. The highest BCUT2D eigenvalue weighted by molar-refractivity contribution is 8.01. The van der Waals surface area contributed by atoms with Crippen molar-refractivity contribution in [2.75, 3.05) is 6.26 Å². The van der Waals surface area contributed by atoms with Gasteiger partial charge in [-0.1, -0.05) is 11.8 Å². The number of nitrogens with two attached hydrogens (primary N) is 1. The van der Waals surface area contributed by atoms with Crippen LogP contribution < -0.4 is 5.73 Å². The van der Waals surface area contributed by atoms with Crippen LogP contribution in [0.5, 0.6) is 0 Å². The van der Waals surface area contributed by atoms with E-state index in [-0.39, 0.29) is 0 Å². The van der Waals surface area contributed by atoms with E-state index in [2.05, 4.69) is 47.9 Å². The maximum Gasteiger partial charge on any atom is 0.0649 e. The Morgan fingerprint density at radius 3 is 2.77 bits per heavy atom. The topological polar surface area (TPSA) is 43.8 Å². The Morgan fingerprint density at radius 1 is 1.27 bits per heavy atom. The quantitative estimate of drug-likeness (QED) is 0.691. The number of rotatable bonds is 5. The summed E-state index contributed by atoms with van der Waals surface area (Å²) in [6.07, 6.45) is 6.08. The van der Waals surface area contributed by atoms with Gasteiger partial charge in [0.1, 0.15) is 0 Å². The Morgan fingerprint density at radius 2 is 2.14 bits per heavy atom. The van der Waals surface area contributed by atoms with Gasteiger partial charge in [0.15, 0.2) is 0 Å². The molecule has 0 bridgehead atoms. The lowest BCUT2D eigenvalue weighted by Crippen LogP contribution is -1.90. The third-order valence-electron chi connectivity index (χ3n) is 3.24. The first-order valence-electron chi connectivity index (χ1n) is 6.83. The molecule has 0 aliphatic heterocycles. The van der Waals surface area contributed by atoms with Gasteiger partial charge in [0.2, 0.25) is 0 Å². The van der Waals surface area contributed by atoms with Gasteiger partial charge in [-0.05, 0) is 42.2 Å². The van der Waals surface area contributed by atoms with E-state index < -0.39 is 0 Å². The van der Waals surface area contributed by atoms with Crippen molar-refractivity contribution in [1.82, 2.24) is 9.78 Å². The summed E-state index contributed by atoms with van der Waals surface area (Å²) < 4.78 is 3.11. The van der Waals surface area contributed by atoms with Crippen LogP contribution in [0.15, 0.2) is 56.7 Å². The van der Waals surface area contributed by atoms with E-state index in [1.807, 2.05) is 17.9 Å². The van der Waals surface area contributed by atoms with Gasteiger partial charge >= 0.3 is 0 Å². The first-order chi connectivity index (χ1) is 10.7. The fraction of sp³-hybridized carbons (Fsp3) is 0.188. The summed E-state index contributed by atoms with van der Waals surface area (Å²) >= 11 is 5.31. The molecule has 0 atom stereocenters. The lowest BCUT2D eigenvalue weighted by atomic mass is 10.1. The van der Waals surface area contributed by atoms with Crippen molar-refractivity contribution in [1.29, 1.82) is 0 Å². The molecule has 3 rings (SSSR count). The van der Waals surface area contributed by atoms with Crippen molar-refractivity contribution >= 4 is 34.9 Å². The number of hydrogen-bond acceptors (Lipinski definition) is 5. The van der Waals surface area contributed by atoms with Crippen LogP contribution in [-0.2, 0) is 13.6 Å². The molecule has 0 fully saturated rings. The maximum absolute atomic E-state index is 5.69. The monoisotopic (exact) mass is 347 g/mol. The van der Waals surface area contributed by atoms with Crippen LogP contribution in [0.4, 0.5) is 0 Å². The average Bonchev–Trinajstić information content (AvgIpc) is 3.16. The number of thioether (sulfide) groups is 1. The molecule has 114 valence electrons. The summed E-state index contributed by atoms with van der Waals surface area (Å²) in [5.41, 5.74) is 8.08. The zero-order chi connectivity index (χ0) is 15.5. The second kappa shape index (κ2) is 6.91. The average molecular weight is 348 g/mol. The summed E-state index contributed by atoms with van der Waals surface area (Å²) in [4.78, 5) is 3.73. The summed E-state index contributed by atoms with van der Waals surface area (Å²) in [5, 5.41) is 4.29. The van der Waals surface area contributed by atoms with Crippen LogP contribution in [0.3, 0.4) is 0 Å². The van der Waals surface area contributed by atoms with Crippen LogP contribution in [0, 0.1) is 0 Å². The Bertz CT molecular complexity index is 777. The van der Waals surface area contributed by atoms with Crippen LogP contribution in [-0.4, -0.2) is 16.0 Å². The van der Waals surface area contributed by atoms with Gasteiger partial charge in [0, 0.05) is 40.0 Å². The highest BCUT2D eigenvalue weighted by Gasteiger charge is 2.09. The number of benzene rings is 1. The SMILES string of the molecule is CSc1ccc(Sc2ccc(CN)s2)cc1-c1cnn(C)c1. The number of aromatic nitrogens is 2. The van der Waals surface area contributed by atoms with Crippen LogP contribution in [0.1, 0.15) is 4.88 Å². The highest BCUT2D eigenvalue weighted by Crippen LogP contribution is 2.38. The zero-order valence-corrected chi connectivity index (χ0v) is 14.9. The smallest absolute Gasteiger partial charge is 0.0649 e. The Hall–Kier alpha value is -1.21. The van der Waals surface area contributed by atoms with E-state index in [1.165, 1.54) is 24.4 Å².